The summed E-state index contributed by atoms with van der Waals surface area (Å²) in [4.78, 5) is 0. The third-order valence-electron chi connectivity index (χ3n) is 2.79. The van der Waals surface area contributed by atoms with Crippen molar-refractivity contribution in [3.8, 4) is 16.9 Å². The van der Waals surface area contributed by atoms with E-state index in [9.17, 15) is 13.2 Å². The van der Waals surface area contributed by atoms with Crippen molar-refractivity contribution in [2.24, 2.45) is 0 Å². The van der Waals surface area contributed by atoms with Crippen LogP contribution in [0.3, 0.4) is 0 Å². The molecule has 2 rings (SSSR count). The Hall–Kier alpha value is -1.97. The van der Waals surface area contributed by atoms with Crippen LogP contribution in [0.15, 0.2) is 42.5 Å². The van der Waals surface area contributed by atoms with Crippen molar-refractivity contribution in [3.63, 3.8) is 0 Å². The van der Waals surface area contributed by atoms with Crippen LogP contribution in [-0.4, -0.2) is 6.36 Å². The molecule has 0 saturated carbocycles. The van der Waals surface area contributed by atoms with Gasteiger partial charge in [-0.25, -0.2) is 0 Å². The van der Waals surface area contributed by atoms with Gasteiger partial charge in [0.25, 0.3) is 0 Å². The van der Waals surface area contributed by atoms with E-state index in [1.54, 1.807) is 13.0 Å². The molecule has 0 N–H and O–H groups in total. The summed E-state index contributed by atoms with van der Waals surface area (Å²) < 4.78 is 40.2. The maximum Gasteiger partial charge on any atom is 0.573 e. The third kappa shape index (κ3) is 3.50. The average molecular weight is 266 g/mol. The molecule has 0 aliphatic rings. The van der Waals surface area contributed by atoms with Gasteiger partial charge in [0.2, 0.25) is 0 Å². The first-order valence-electron chi connectivity index (χ1n) is 5.78. The topological polar surface area (TPSA) is 9.23 Å². The summed E-state index contributed by atoms with van der Waals surface area (Å²) in [6, 6.07) is 12.2. The molecule has 0 heterocycles. The molecule has 0 unspecified atom stereocenters. The van der Waals surface area contributed by atoms with Crippen molar-refractivity contribution in [3.05, 3.63) is 53.6 Å². The Morgan fingerprint density at radius 1 is 0.895 bits per heavy atom. The zero-order chi connectivity index (χ0) is 14.0. The van der Waals surface area contributed by atoms with Gasteiger partial charge in [0.15, 0.2) is 0 Å². The van der Waals surface area contributed by atoms with Crippen LogP contribution >= 0.6 is 0 Å². The summed E-state index contributed by atoms with van der Waals surface area (Å²) in [5.74, 6) is -0.194. The van der Waals surface area contributed by atoms with Crippen LogP contribution in [-0.2, 0) is 0 Å². The molecule has 0 spiro atoms. The fourth-order valence-corrected chi connectivity index (χ4v) is 1.89. The number of ether oxygens (including phenoxy) is 1. The molecule has 0 amide bonds. The molecule has 2 aromatic carbocycles. The summed E-state index contributed by atoms with van der Waals surface area (Å²) in [6.45, 7) is 3.75. The number of hydrogen-bond acceptors (Lipinski definition) is 1. The van der Waals surface area contributed by atoms with Crippen LogP contribution < -0.4 is 4.74 Å². The molecular formula is C15H13F3O. The van der Waals surface area contributed by atoms with Gasteiger partial charge < -0.3 is 4.74 Å². The molecule has 0 aromatic heterocycles. The van der Waals surface area contributed by atoms with Crippen molar-refractivity contribution in [2.45, 2.75) is 20.2 Å². The Kier molecular flexibility index (Phi) is 3.51. The van der Waals surface area contributed by atoms with E-state index in [-0.39, 0.29) is 5.75 Å². The van der Waals surface area contributed by atoms with Crippen LogP contribution in [0.1, 0.15) is 11.1 Å². The molecule has 0 radical (unpaired) electrons. The third-order valence-corrected chi connectivity index (χ3v) is 2.79. The van der Waals surface area contributed by atoms with E-state index >= 15 is 0 Å². The molecule has 2 aromatic rings. The minimum atomic E-state index is -4.65. The molecular weight excluding hydrogens is 253 g/mol. The first-order valence-corrected chi connectivity index (χ1v) is 5.78. The van der Waals surface area contributed by atoms with Gasteiger partial charge in [0.1, 0.15) is 5.75 Å². The predicted molar refractivity (Wildman–Crippen MR) is 68.0 cm³/mol. The Bertz CT molecular complexity index is 571. The van der Waals surface area contributed by atoms with Gasteiger partial charge in [-0.05, 0) is 42.7 Å². The van der Waals surface area contributed by atoms with Crippen LogP contribution in [0.25, 0.3) is 11.1 Å². The number of alkyl halides is 3. The lowest BCUT2D eigenvalue weighted by atomic mass is 9.99. The summed E-state index contributed by atoms with van der Waals surface area (Å²) in [6.07, 6.45) is -4.65. The van der Waals surface area contributed by atoms with Gasteiger partial charge in [-0.2, -0.15) is 0 Å². The van der Waals surface area contributed by atoms with Crippen LogP contribution in [0.4, 0.5) is 13.2 Å². The van der Waals surface area contributed by atoms with Crippen molar-refractivity contribution in [1.82, 2.24) is 0 Å². The van der Waals surface area contributed by atoms with Gasteiger partial charge >= 0.3 is 6.36 Å². The van der Waals surface area contributed by atoms with Gasteiger partial charge in [-0.1, -0.05) is 35.9 Å². The van der Waals surface area contributed by atoms with Crippen LogP contribution in [0, 0.1) is 13.8 Å². The highest BCUT2D eigenvalue weighted by Gasteiger charge is 2.31. The smallest absolute Gasteiger partial charge is 0.406 e. The highest BCUT2D eigenvalue weighted by Crippen LogP contribution is 2.29. The second-order valence-corrected chi connectivity index (χ2v) is 4.39. The monoisotopic (exact) mass is 266 g/mol. The van der Waals surface area contributed by atoms with Crippen LogP contribution in [0.2, 0.25) is 0 Å². The molecule has 0 atom stereocenters. The number of rotatable bonds is 2. The van der Waals surface area contributed by atoms with Gasteiger partial charge in [-0.3, -0.25) is 0 Å². The maximum atomic E-state index is 12.1. The highest BCUT2D eigenvalue weighted by atomic mass is 19.4. The quantitative estimate of drug-likeness (QED) is 0.753. The second-order valence-electron chi connectivity index (χ2n) is 4.39. The molecule has 0 saturated heterocycles. The van der Waals surface area contributed by atoms with E-state index < -0.39 is 6.36 Å². The molecule has 0 aliphatic heterocycles. The fraction of sp³-hybridized carbons (Fsp3) is 0.200. The Morgan fingerprint density at radius 3 is 2.05 bits per heavy atom. The molecule has 100 valence electrons. The SMILES string of the molecule is Cc1ccc(-c2ccc(OC(F)(F)F)cc2C)cc1. The predicted octanol–water partition coefficient (Wildman–Crippen LogP) is 4.87. The zero-order valence-corrected chi connectivity index (χ0v) is 10.6. The van der Waals surface area contributed by atoms with E-state index in [1.165, 1.54) is 12.1 Å². The first kappa shape index (κ1) is 13.5. The largest absolute Gasteiger partial charge is 0.573 e. The Balaban J connectivity index is 2.31. The molecule has 1 nitrogen and oxygen atoms in total. The Labute approximate surface area is 109 Å². The van der Waals surface area contributed by atoms with E-state index in [0.717, 1.165) is 22.3 Å². The maximum absolute atomic E-state index is 12.1. The van der Waals surface area contributed by atoms with Gasteiger partial charge in [-0.15, -0.1) is 13.2 Å². The average Bonchev–Trinajstić information content (AvgIpc) is 2.29. The number of halogens is 3. The second kappa shape index (κ2) is 4.96. The van der Waals surface area contributed by atoms with E-state index in [2.05, 4.69) is 4.74 Å². The fourth-order valence-electron chi connectivity index (χ4n) is 1.89. The summed E-state index contributed by atoms with van der Waals surface area (Å²) in [7, 11) is 0. The molecule has 19 heavy (non-hydrogen) atoms. The zero-order valence-electron chi connectivity index (χ0n) is 10.6. The normalized spacial score (nSPS) is 11.4. The highest BCUT2D eigenvalue weighted by molar-refractivity contribution is 5.68. The van der Waals surface area contributed by atoms with E-state index in [1.807, 2.05) is 31.2 Å². The van der Waals surface area contributed by atoms with Crippen molar-refractivity contribution in [1.29, 1.82) is 0 Å². The number of benzene rings is 2. The summed E-state index contributed by atoms with van der Waals surface area (Å²) in [5, 5.41) is 0. The van der Waals surface area contributed by atoms with Gasteiger partial charge in [0.05, 0.1) is 0 Å². The number of aryl methyl sites for hydroxylation is 2. The first-order chi connectivity index (χ1) is 8.85. The molecule has 0 bridgehead atoms. The summed E-state index contributed by atoms with van der Waals surface area (Å²) in [5.41, 5.74) is 3.75. The Morgan fingerprint density at radius 2 is 1.53 bits per heavy atom. The minimum absolute atomic E-state index is 0.194. The van der Waals surface area contributed by atoms with Crippen molar-refractivity contribution < 1.29 is 17.9 Å². The standard InChI is InChI=1S/C15H13F3O/c1-10-3-5-12(6-4-10)14-8-7-13(9-11(14)2)19-15(16,17)18/h3-9H,1-2H3. The number of hydrogen-bond donors (Lipinski definition) is 0. The van der Waals surface area contributed by atoms with Crippen LogP contribution in [0.5, 0.6) is 5.75 Å². The van der Waals surface area contributed by atoms with Crippen molar-refractivity contribution >= 4 is 0 Å². The summed E-state index contributed by atoms with van der Waals surface area (Å²) >= 11 is 0. The molecule has 0 fully saturated rings. The van der Waals surface area contributed by atoms with E-state index in [4.69, 9.17) is 0 Å². The lowest BCUT2D eigenvalue weighted by Gasteiger charge is -2.12. The van der Waals surface area contributed by atoms with Crippen molar-refractivity contribution in [2.75, 3.05) is 0 Å². The minimum Gasteiger partial charge on any atom is -0.406 e. The molecule has 4 heteroatoms. The lowest BCUT2D eigenvalue weighted by Crippen LogP contribution is -2.17. The lowest BCUT2D eigenvalue weighted by molar-refractivity contribution is -0.274. The van der Waals surface area contributed by atoms with E-state index in [0.29, 0.717) is 0 Å². The van der Waals surface area contributed by atoms with Gasteiger partial charge in [0, 0.05) is 0 Å². The molecule has 0 aliphatic carbocycles.